The van der Waals surface area contributed by atoms with Gasteiger partial charge < -0.3 is 0 Å². The second-order valence-corrected chi connectivity index (χ2v) is 3.39. The van der Waals surface area contributed by atoms with Gasteiger partial charge in [0.15, 0.2) is 0 Å². The number of hydrogen-bond acceptors (Lipinski definition) is 2. The minimum atomic E-state index is -0.187. The van der Waals surface area contributed by atoms with E-state index in [1.165, 1.54) is 0 Å². The predicted molar refractivity (Wildman–Crippen MR) is 58.3 cm³/mol. The normalized spacial score (nSPS) is 10.5. The van der Waals surface area contributed by atoms with Crippen LogP contribution in [0.25, 0.3) is 5.69 Å². The maximum absolute atomic E-state index is 11.6. The topological polar surface area (TPSA) is 50.7 Å². The van der Waals surface area contributed by atoms with Crippen LogP contribution in [0.1, 0.15) is 18.3 Å². The number of H-pyrrole nitrogens is 1. The Balaban J connectivity index is 2.69. The lowest BCUT2D eigenvalue weighted by atomic mass is 10.1. The molecule has 2 aromatic rings. The average molecular weight is 203 g/mol. The minimum absolute atomic E-state index is 0.187. The van der Waals surface area contributed by atoms with E-state index in [-0.39, 0.29) is 5.69 Å². The molecule has 0 radical (unpaired) electrons. The lowest BCUT2D eigenvalue weighted by molar-refractivity contribution is 0.919. The Bertz CT molecular complexity index is 525. The summed E-state index contributed by atoms with van der Waals surface area (Å²) >= 11 is 0. The molecule has 15 heavy (non-hydrogen) atoms. The third-order valence-corrected chi connectivity index (χ3v) is 2.45. The Morgan fingerprint density at radius 3 is 2.73 bits per heavy atom. The summed E-state index contributed by atoms with van der Waals surface area (Å²) in [5.74, 6) is 0.681. The van der Waals surface area contributed by atoms with Crippen LogP contribution < -0.4 is 5.69 Å². The van der Waals surface area contributed by atoms with Crippen molar-refractivity contribution in [3.05, 3.63) is 46.1 Å². The van der Waals surface area contributed by atoms with Crippen molar-refractivity contribution in [2.24, 2.45) is 0 Å². The monoisotopic (exact) mass is 203 g/mol. The molecule has 78 valence electrons. The van der Waals surface area contributed by atoms with Crippen LogP contribution in [-0.2, 0) is 6.42 Å². The van der Waals surface area contributed by atoms with Crippen molar-refractivity contribution in [2.75, 3.05) is 0 Å². The van der Waals surface area contributed by atoms with Crippen molar-refractivity contribution >= 4 is 0 Å². The largest absolute Gasteiger partial charge is 0.347 e. The summed E-state index contributed by atoms with van der Waals surface area (Å²) in [6, 6.07) is 7.85. The van der Waals surface area contributed by atoms with Gasteiger partial charge in [-0.2, -0.15) is 5.10 Å². The first-order chi connectivity index (χ1) is 7.24. The van der Waals surface area contributed by atoms with Crippen molar-refractivity contribution in [3.63, 3.8) is 0 Å². The van der Waals surface area contributed by atoms with E-state index in [1.807, 2.05) is 31.2 Å². The van der Waals surface area contributed by atoms with Gasteiger partial charge in [-0.05, 0) is 25.0 Å². The van der Waals surface area contributed by atoms with Crippen molar-refractivity contribution < 1.29 is 0 Å². The lowest BCUT2D eigenvalue weighted by Gasteiger charge is -2.07. The Kier molecular flexibility index (Phi) is 2.41. The molecule has 4 nitrogen and oxygen atoms in total. The van der Waals surface area contributed by atoms with Crippen molar-refractivity contribution in [2.45, 2.75) is 20.3 Å². The second-order valence-electron chi connectivity index (χ2n) is 3.39. The first-order valence-corrected chi connectivity index (χ1v) is 4.96. The molecule has 0 unspecified atom stereocenters. The van der Waals surface area contributed by atoms with E-state index in [4.69, 9.17) is 0 Å². The van der Waals surface area contributed by atoms with Gasteiger partial charge in [0.2, 0.25) is 0 Å². The summed E-state index contributed by atoms with van der Waals surface area (Å²) in [7, 11) is 0. The fourth-order valence-corrected chi connectivity index (χ4v) is 1.69. The number of rotatable bonds is 2. The zero-order chi connectivity index (χ0) is 10.8. The highest BCUT2D eigenvalue weighted by atomic mass is 16.1. The summed E-state index contributed by atoms with van der Waals surface area (Å²) in [4.78, 5) is 11.6. The molecule has 0 spiro atoms. The molecule has 1 aromatic carbocycles. The van der Waals surface area contributed by atoms with Gasteiger partial charge in [0, 0.05) is 0 Å². The van der Waals surface area contributed by atoms with Crippen molar-refractivity contribution in [1.29, 1.82) is 0 Å². The molecule has 2 rings (SSSR count). The maximum Gasteiger partial charge on any atom is 0.347 e. The predicted octanol–water partition coefficient (Wildman–Crippen LogP) is 1.43. The molecule has 0 atom stereocenters. The van der Waals surface area contributed by atoms with Gasteiger partial charge in [-0.15, -0.1) is 0 Å². The SMILES string of the molecule is CCc1ccccc1-n1c(C)n[nH]c1=O. The van der Waals surface area contributed by atoms with E-state index in [0.29, 0.717) is 5.82 Å². The fourth-order valence-electron chi connectivity index (χ4n) is 1.69. The standard InChI is InChI=1S/C11H13N3O/c1-3-9-6-4-5-7-10(9)14-8(2)12-13-11(14)15/h4-7H,3H2,1-2H3,(H,13,15). The van der Waals surface area contributed by atoms with Crippen LogP contribution in [0.2, 0.25) is 0 Å². The zero-order valence-electron chi connectivity index (χ0n) is 8.82. The van der Waals surface area contributed by atoms with Crippen LogP contribution in [0.5, 0.6) is 0 Å². The minimum Gasteiger partial charge on any atom is -0.247 e. The summed E-state index contributed by atoms with van der Waals surface area (Å²) in [5.41, 5.74) is 1.87. The lowest BCUT2D eigenvalue weighted by Crippen LogP contribution is -2.17. The highest BCUT2D eigenvalue weighted by Crippen LogP contribution is 2.13. The molecular formula is C11H13N3O. The molecule has 0 saturated carbocycles. The Labute approximate surface area is 87.6 Å². The molecule has 1 N–H and O–H groups in total. The van der Waals surface area contributed by atoms with Crippen LogP contribution in [0, 0.1) is 6.92 Å². The third kappa shape index (κ3) is 1.58. The summed E-state index contributed by atoms with van der Waals surface area (Å²) in [6.45, 7) is 3.88. The highest BCUT2D eigenvalue weighted by molar-refractivity contribution is 5.41. The molecule has 0 amide bonds. The van der Waals surface area contributed by atoms with Gasteiger partial charge in [-0.1, -0.05) is 25.1 Å². The molecule has 1 heterocycles. The molecule has 0 bridgehead atoms. The summed E-state index contributed by atoms with van der Waals surface area (Å²) in [5, 5.41) is 6.34. The molecule has 0 aliphatic heterocycles. The van der Waals surface area contributed by atoms with Gasteiger partial charge in [0.1, 0.15) is 5.82 Å². The van der Waals surface area contributed by atoms with Gasteiger partial charge in [0.25, 0.3) is 0 Å². The number of aromatic amines is 1. The maximum atomic E-state index is 11.6. The van der Waals surface area contributed by atoms with Crippen molar-refractivity contribution in [1.82, 2.24) is 14.8 Å². The van der Waals surface area contributed by atoms with E-state index in [9.17, 15) is 4.79 Å². The average Bonchev–Trinajstić information content (AvgIpc) is 2.59. The Morgan fingerprint density at radius 1 is 1.40 bits per heavy atom. The summed E-state index contributed by atoms with van der Waals surface area (Å²) in [6.07, 6.45) is 0.896. The smallest absolute Gasteiger partial charge is 0.247 e. The molecule has 0 fully saturated rings. The molecule has 0 aliphatic carbocycles. The van der Waals surface area contributed by atoms with E-state index < -0.39 is 0 Å². The van der Waals surface area contributed by atoms with Crippen LogP contribution >= 0.6 is 0 Å². The molecule has 4 heteroatoms. The number of aromatic nitrogens is 3. The van der Waals surface area contributed by atoms with Crippen LogP contribution in [0.4, 0.5) is 0 Å². The third-order valence-electron chi connectivity index (χ3n) is 2.45. The number of aryl methyl sites for hydroxylation is 2. The second kappa shape index (κ2) is 3.73. The quantitative estimate of drug-likeness (QED) is 0.802. The first kappa shape index (κ1) is 9.71. The Morgan fingerprint density at radius 2 is 2.13 bits per heavy atom. The van der Waals surface area contributed by atoms with E-state index >= 15 is 0 Å². The van der Waals surface area contributed by atoms with E-state index in [2.05, 4.69) is 17.1 Å². The zero-order valence-corrected chi connectivity index (χ0v) is 8.82. The molecule has 0 aliphatic rings. The number of nitrogens with one attached hydrogen (secondary N) is 1. The van der Waals surface area contributed by atoms with Gasteiger partial charge in [-0.25, -0.2) is 14.5 Å². The molecule has 0 saturated heterocycles. The highest BCUT2D eigenvalue weighted by Gasteiger charge is 2.08. The van der Waals surface area contributed by atoms with Crippen LogP contribution in [-0.4, -0.2) is 14.8 Å². The van der Waals surface area contributed by atoms with Gasteiger partial charge >= 0.3 is 5.69 Å². The van der Waals surface area contributed by atoms with Gasteiger partial charge in [-0.3, -0.25) is 0 Å². The molecule has 1 aromatic heterocycles. The number of nitrogens with zero attached hydrogens (tertiary/aromatic N) is 2. The van der Waals surface area contributed by atoms with Crippen molar-refractivity contribution in [3.8, 4) is 5.69 Å². The number of para-hydroxylation sites is 1. The van der Waals surface area contributed by atoms with E-state index in [1.54, 1.807) is 4.57 Å². The van der Waals surface area contributed by atoms with Gasteiger partial charge in [0.05, 0.1) is 5.69 Å². The van der Waals surface area contributed by atoms with E-state index in [0.717, 1.165) is 17.7 Å². The van der Waals surface area contributed by atoms with Crippen LogP contribution in [0.15, 0.2) is 29.1 Å². The number of hydrogen-bond donors (Lipinski definition) is 1. The van der Waals surface area contributed by atoms with Crippen LogP contribution in [0.3, 0.4) is 0 Å². The summed E-state index contributed by atoms with van der Waals surface area (Å²) < 4.78 is 1.60. The fraction of sp³-hybridized carbons (Fsp3) is 0.273. The Hall–Kier alpha value is -1.84. The molecular weight excluding hydrogens is 190 g/mol. The first-order valence-electron chi connectivity index (χ1n) is 4.96. The number of benzene rings is 1.